The SMILES string of the molecule is CC.CC(F)(F)F.O=C(O)c1ccccc1. The number of carboxylic acid groups (broad SMARTS) is 1. The summed E-state index contributed by atoms with van der Waals surface area (Å²) in [5.41, 5.74) is 0.331. The number of hydrogen-bond acceptors (Lipinski definition) is 1. The molecule has 0 saturated heterocycles. The summed E-state index contributed by atoms with van der Waals surface area (Å²) in [6.45, 7) is 4.19. The summed E-state index contributed by atoms with van der Waals surface area (Å²) in [4.78, 5) is 10.2. The van der Waals surface area contributed by atoms with Gasteiger partial charge in [-0.15, -0.1) is 0 Å². The van der Waals surface area contributed by atoms with Crippen LogP contribution in [0.25, 0.3) is 0 Å². The maximum absolute atomic E-state index is 10.4. The average Bonchev–Trinajstić information content (AvgIpc) is 2.20. The van der Waals surface area contributed by atoms with E-state index in [4.69, 9.17) is 5.11 Å². The van der Waals surface area contributed by atoms with E-state index in [2.05, 4.69) is 0 Å². The first-order chi connectivity index (χ1) is 7.30. The van der Waals surface area contributed by atoms with Gasteiger partial charge in [0.2, 0.25) is 0 Å². The number of halogens is 3. The van der Waals surface area contributed by atoms with Crippen molar-refractivity contribution in [1.82, 2.24) is 0 Å². The van der Waals surface area contributed by atoms with Gasteiger partial charge >= 0.3 is 12.1 Å². The Hall–Kier alpha value is -1.52. The summed E-state index contributed by atoms with van der Waals surface area (Å²) in [6, 6.07) is 8.30. The third-order valence-corrected chi connectivity index (χ3v) is 1.02. The second-order valence-corrected chi connectivity index (χ2v) is 2.45. The maximum atomic E-state index is 10.4. The Morgan fingerprint density at radius 2 is 1.44 bits per heavy atom. The predicted octanol–water partition coefficient (Wildman–Crippen LogP) is 3.98. The van der Waals surface area contributed by atoms with Gasteiger partial charge in [-0.2, -0.15) is 13.2 Å². The lowest BCUT2D eigenvalue weighted by Crippen LogP contribution is -1.95. The summed E-state index contributed by atoms with van der Waals surface area (Å²) in [5, 5.41) is 8.38. The Balaban J connectivity index is 0. The third kappa shape index (κ3) is 15.0. The van der Waals surface area contributed by atoms with Crippen molar-refractivity contribution in [2.75, 3.05) is 0 Å². The zero-order valence-corrected chi connectivity index (χ0v) is 9.38. The first-order valence-electron chi connectivity index (χ1n) is 4.66. The van der Waals surface area contributed by atoms with Crippen molar-refractivity contribution in [3.8, 4) is 0 Å². The van der Waals surface area contributed by atoms with Crippen LogP contribution >= 0.6 is 0 Å². The lowest BCUT2D eigenvalue weighted by atomic mass is 10.2. The molecule has 0 bridgehead atoms. The lowest BCUT2D eigenvalue weighted by Gasteiger charge is -1.88. The van der Waals surface area contributed by atoms with Gasteiger partial charge in [0.25, 0.3) is 0 Å². The average molecular weight is 236 g/mol. The van der Waals surface area contributed by atoms with Crippen molar-refractivity contribution in [1.29, 1.82) is 0 Å². The minimum absolute atomic E-state index is 0.188. The van der Waals surface area contributed by atoms with Crippen LogP contribution in [0.5, 0.6) is 0 Å². The monoisotopic (exact) mass is 236 g/mol. The Bertz CT molecular complexity index is 275. The van der Waals surface area contributed by atoms with Crippen LogP contribution in [0.4, 0.5) is 13.2 Å². The van der Waals surface area contributed by atoms with Gasteiger partial charge in [-0.25, -0.2) is 4.79 Å². The van der Waals surface area contributed by atoms with E-state index in [0.29, 0.717) is 5.56 Å². The fraction of sp³-hybridized carbons (Fsp3) is 0.364. The van der Waals surface area contributed by atoms with Crippen molar-refractivity contribution in [2.24, 2.45) is 0 Å². The zero-order valence-electron chi connectivity index (χ0n) is 9.38. The molecule has 0 heterocycles. The quantitative estimate of drug-likeness (QED) is 0.800. The standard InChI is InChI=1S/C7H6O2.C2H3F3.C2H6/c8-7(9)6-4-2-1-3-5-6;1-2(3,4)5;1-2/h1-5H,(H,8,9);1H3;1-2H3. The third-order valence-electron chi connectivity index (χ3n) is 1.02. The minimum Gasteiger partial charge on any atom is -0.478 e. The highest BCUT2D eigenvalue weighted by atomic mass is 19.4. The van der Waals surface area contributed by atoms with Gasteiger partial charge in [0.15, 0.2) is 0 Å². The molecule has 92 valence electrons. The fourth-order valence-corrected chi connectivity index (χ4v) is 0.581. The smallest absolute Gasteiger partial charge is 0.386 e. The first-order valence-corrected chi connectivity index (χ1v) is 4.66. The van der Waals surface area contributed by atoms with Crippen LogP contribution in [0, 0.1) is 0 Å². The molecule has 16 heavy (non-hydrogen) atoms. The van der Waals surface area contributed by atoms with E-state index in [1.54, 1.807) is 30.3 Å². The Labute approximate surface area is 92.7 Å². The molecular weight excluding hydrogens is 221 g/mol. The van der Waals surface area contributed by atoms with Crippen molar-refractivity contribution in [3.05, 3.63) is 35.9 Å². The van der Waals surface area contributed by atoms with Crippen LogP contribution in [0.3, 0.4) is 0 Å². The van der Waals surface area contributed by atoms with E-state index < -0.39 is 12.1 Å². The number of rotatable bonds is 1. The summed E-state index contributed by atoms with van der Waals surface area (Å²) < 4.78 is 31.1. The molecule has 0 fully saturated rings. The highest BCUT2D eigenvalue weighted by Gasteiger charge is 2.15. The van der Waals surface area contributed by atoms with Crippen LogP contribution in [0.2, 0.25) is 0 Å². The van der Waals surface area contributed by atoms with E-state index in [0.717, 1.165) is 0 Å². The van der Waals surface area contributed by atoms with Crippen LogP contribution in [0.1, 0.15) is 31.1 Å². The summed E-state index contributed by atoms with van der Waals surface area (Å²) in [6.07, 6.45) is -4.00. The number of benzene rings is 1. The molecule has 0 radical (unpaired) electrons. The molecular formula is C11H15F3O2. The number of hydrogen-bond donors (Lipinski definition) is 1. The summed E-state index contributed by atoms with van der Waals surface area (Å²) in [5.74, 6) is -0.879. The molecule has 1 aromatic carbocycles. The Kier molecular flexibility index (Phi) is 9.25. The second kappa shape index (κ2) is 8.76. The molecule has 0 aliphatic rings. The lowest BCUT2D eigenvalue weighted by molar-refractivity contribution is -0.110. The van der Waals surface area contributed by atoms with Crippen molar-refractivity contribution < 1.29 is 23.1 Å². The minimum atomic E-state index is -4.00. The highest BCUT2D eigenvalue weighted by Crippen LogP contribution is 2.10. The van der Waals surface area contributed by atoms with Crippen molar-refractivity contribution in [2.45, 2.75) is 26.9 Å². The van der Waals surface area contributed by atoms with Crippen LogP contribution in [0.15, 0.2) is 30.3 Å². The Morgan fingerprint density at radius 1 is 1.12 bits per heavy atom. The molecule has 0 aliphatic carbocycles. The van der Waals surface area contributed by atoms with Gasteiger partial charge < -0.3 is 5.11 Å². The summed E-state index contributed by atoms with van der Waals surface area (Å²) >= 11 is 0. The molecule has 1 rings (SSSR count). The van der Waals surface area contributed by atoms with E-state index in [9.17, 15) is 18.0 Å². The molecule has 0 spiro atoms. The second-order valence-electron chi connectivity index (χ2n) is 2.45. The molecule has 0 aliphatic heterocycles. The van der Waals surface area contributed by atoms with E-state index >= 15 is 0 Å². The van der Waals surface area contributed by atoms with E-state index in [1.165, 1.54) is 0 Å². The number of carboxylic acids is 1. The molecule has 0 saturated carbocycles. The van der Waals surface area contributed by atoms with Crippen molar-refractivity contribution in [3.63, 3.8) is 0 Å². The largest absolute Gasteiger partial charge is 0.478 e. The topological polar surface area (TPSA) is 37.3 Å². The fourth-order valence-electron chi connectivity index (χ4n) is 0.581. The van der Waals surface area contributed by atoms with Crippen molar-refractivity contribution >= 4 is 5.97 Å². The molecule has 0 unspecified atom stereocenters. The molecule has 1 aromatic rings. The van der Waals surface area contributed by atoms with Crippen LogP contribution < -0.4 is 0 Å². The predicted molar refractivity (Wildman–Crippen MR) is 56.5 cm³/mol. The van der Waals surface area contributed by atoms with Gasteiger partial charge in [-0.05, 0) is 12.1 Å². The number of carbonyl (C=O) groups is 1. The molecule has 5 heteroatoms. The van der Waals surface area contributed by atoms with Gasteiger partial charge in [-0.1, -0.05) is 32.0 Å². The highest BCUT2D eigenvalue weighted by molar-refractivity contribution is 5.87. The molecule has 0 amide bonds. The van der Waals surface area contributed by atoms with Gasteiger partial charge in [-0.3, -0.25) is 0 Å². The molecule has 0 atom stereocenters. The van der Waals surface area contributed by atoms with Gasteiger partial charge in [0.05, 0.1) is 5.56 Å². The maximum Gasteiger partial charge on any atom is 0.386 e. The van der Waals surface area contributed by atoms with Gasteiger partial charge in [0.1, 0.15) is 0 Å². The van der Waals surface area contributed by atoms with Gasteiger partial charge in [0, 0.05) is 6.92 Å². The molecule has 2 nitrogen and oxygen atoms in total. The molecule has 1 N–H and O–H groups in total. The summed E-state index contributed by atoms with van der Waals surface area (Å²) in [7, 11) is 0. The molecule has 0 aromatic heterocycles. The zero-order chi connectivity index (χ0) is 13.2. The normalized spacial score (nSPS) is 9.12. The van der Waals surface area contributed by atoms with Crippen LogP contribution in [-0.4, -0.2) is 17.3 Å². The van der Waals surface area contributed by atoms with E-state index in [-0.39, 0.29) is 6.92 Å². The first kappa shape index (κ1) is 16.9. The van der Waals surface area contributed by atoms with Crippen LogP contribution in [-0.2, 0) is 0 Å². The number of alkyl halides is 3. The Morgan fingerprint density at radius 3 is 1.62 bits per heavy atom. The number of aromatic carboxylic acids is 1. The van der Waals surface area contributed by atoms with E-state index in [1.807, 2.05) is 13.8 Å².